The van der Waals surface area contributed by atoms with Gasteiger partial charge in [0.2, 0.25) is 5.91 Å². The first-order chi connectivity index (χ1) is 13.1. The van der Waals surface area contributed by atoms with Crippen LogP contribution in [0.4, 0.5) is 0 Å². The zero-order valence-electron chi connectivity index (χ0n) is 15.2. The average Bonchev–Trinajstić information content (AvgIpc) is 2.67. The zero-order chi connectivity index (χ0) is 19.1. The van der Waals surface area contributed by atoms with E-state index in [9.17, 15) is 4.79 Å². The highest BCUT2D eigenvalue weighted by Crippen LogP contribution is 2.17. The van der Waals surface area contributed by atoms with Crippen molar-refractivity contribution in [3.05, 3.63) is 64.1 Å². The Morgan fingerprint density at radius 2 is 1.78 bits per heavy atom. The SMILES string of the molecule is O=C(Cc1ccccc1Cl)NC1CCN(CCOc2ccc(Cl)cc2)CC1. The van der Waals surface area contributed by atoms with Gasteiger partial charge in [-0.2, -0.15) is 0 Å². The molecule has 1 heterocycles. The number of nitrogens with zero attached hydrogens (tertiary/aromatic N) is 1. The van der Waals surface area contributed by atoms with Gasteiger partial charge in [-0.05, 0) is 48.7 Å². The van der Waals surface area contributed by atoms with Crippen molar-refractivity contribution in [3.8, 4) is 5.75 Å². The highest BCUT2D eigenvalue weighted by atomic mass is 35.5. The molecule has 1 N–H and O–H groups in total. The third-order valence-electron chi connectivity index (χ3n) is 4.75. The molecule has 0 atom stereocenters. The van der Waals surface area contributed by atoms with Crippen molar-refractivity contribution in [2.45, 2.75) is 25.3 Å². The predicted molar refractivity (Wildman–Crippen MR) is 110 cm³/mol. The third-order valence-corrected chi connectivity index (χ3v) is 5.37. The van der Waals surface area contributed by atoms with E-state index in [0.717, 1.165) is 43.8 Å². The number of halogens is 2. The molecule has 27 heavy (non-hydrogen) atoms. The summed E-state index contributed by atoms with van der Waals surface area (Å²) in [5, 5.41) is 4.49. The summed E-state index contributed by atoms with van der Waals surface area (Å²) in [6.45, 7) is 3.44. The van der Waals surface area contributed by atoms with Crippen molar-refractivity contribution in [3.63, 3.8) is 0 Å². The number of rotatable bonds is 7. The molecule has 0 aliphatic carbocycles. The lowest BCUT2D eigenvalue weighted by molar-refractivity contribution is -0.121. The number of likely N-dealkylation sites (tertiary alicyclic amines) is 1. The van der Waals surface area contributed by atoms with Crippen LogP contribution in [-0.2, 0) is 11.2 Å². The average molecular weight is 407 g/mol. The molecule has 2 aromatic rings. The molecule has 0 aromatic heterocycles. The van der Waals surface area contributed by atoms with Crippen LogP contribution < -0.4 is 10.1 Å². The van der Waals surface area contributed by atoms with Crippen LogP contribution in [0.15, 0.2) is 48.5 Å². The summed E-state index contributed by atoms with van der Waals surface area (Å²) in [6.07, 6.45) is 2.24. The van der Waals surface area contributed by atoms with E-state index in [1.165, 1.54) is 0 Å². The van der Waals surface area contributed by atoms with E-state index < -0.39 is 0 Å². The van der Waals surface area contributed by atoms with E-state index in [4.69, 9.17) is 27.9 Å². The van der Waals surface area contributed by atoms with Crippen molar-refractivity contribution in [1.82, 2.24) is 10.2 Å². The van der Waals surface area contributed by atoms with Crippen LogP contribution in [0, 0.1) is 0 Å². The van der Waals surface area contributed by atoms with E-state index in [2.05, 4.69) is 10.2 Å². The first-order valence-corrected chi connectivity index (χ1v) is 9.99. The molecule has 1 saturated heterocycles. The Labute approximate surface area is 170 Å². The van der Waals surface area contributed by atoms with Gasteiger partial charge in [0.25, 0.3) is 0 Å². The fraction of sp³-hybridized carbons (Fsp3) is 0.381. The third kappa shape index (κ3) is 6.42. The monoisotopic (exact) mass is 406 g/mol. The lowest BCUT2D eigenvalue weighted by Gasteiger charge is -2.32. The van der Waals surface area contributed by atoms with Gasteiger partial charge in [-0.3, -0.25) is 9.69 Å². The summed E-state index contributed by atoms with van der Waals surface area (Å²) < 4.78 is 5.75. The van der Waals surface area contributed by atoms with E-state index in [1.54, 1.807) is 0 Å². The van der Waals surface area contributed by atoms with E-state index in [0.29, 0.717) is 23.1 Å². The number of carbonyl (C=O) groups is 1. The summed E-state index contributed by atoms with van der Waals surface area (Å²) in [5.74, 6) is 0.869. The van der Waals surface area contributed by atoms with Gasteiger partial charge in [0.15, 0.2) is 0 Å². The van der Waals surface area contributed by atoms with Crippen molar-refractivity contribution < 1.29 is 9.53 Å². The van der Waals surface area contributed by atoms with E-state index in [-0.39, 0.29) is 11.9 Å². The number of ether oxygens (including phenoxy) is 1. The topological polar surface area (TPSA) is 41.6 Å². The molecule has 1 fully saturated rings. The van der Waals surface area contributed by atoms with Gasteiger partial charge in [-0.1, -0.05) is 41.4 Å². The lowest BCUT2D eigenvalue weighted by Crippen LogP contribution is -2.45. The minimum Gasteiger partial charge on any atom is -0.492 e. The van der Waals surface area contributed by atoms with Crippen LogP contribution in [0.3, 0.4) is 0 Å². The van der Waals surface area contributed by atoms with E-state index in [1.807, 2.05) is 48.5 Å². The first-order valence-electron chi connectivity index (χ1n) is 9.23. The Kier molecular flexibility index (Phi) is 7.39. The number of nitrogens with one attached hydrogen (secondary N) is 1. The minimum absolute atomic E-state index is 0.0348. The van der Waals surface area contributed by atoms with Gasteiger partial charge in [0, 0.05) is 35.7 Å². The number of hydrogen-bond donors (Lipinski definition) is 1. The van der Waals surface area contributed by atoms with Crippen LogP contribution in [0.25, 0.3) is 0 Å². The molecule has 2 aromatic carbocycles. The summed E-state index contributed by atoms with van der Waals surface area (Å²) in [4.78, 5) is 14.6. The van der Waals surface area contributed by atoms with E-state index >= 15 is 0 Å². The molecular weight excluding hydrogens is 383 g/mol. The number of carbonyl (C=O) groups excluding carboxylic acids is 1. The Hall–Kier alpha value is -1.75. The molecule has 3 rings (SSSR count). The standard InChI is InChI=1S/C21H24Cl2N2O2/c22-17-5-7-19(8-6-17)27-14-13-25-11-9-18(10-12-25)24-21(26)15-16-3-1-2-4-20(16)23/h1-8,18H,9-15H2,(H,24,26). The maximum Gasteiger partial charge on any atom is 0.224 e. The quantitative estimate of drug-likeness (QED) is 0.748. The van der Waals surface area contributed by atoms with Gasteiger partial charge in [0.1, 0.15) is 12.4 Å². The molecule has 0 unspecified atom stereocenters. The van der Waals surface area contributed by atoms with Crippen LogP contribution in [-0.4, -0.2) is 43.1 Å². The zero-order valence-corrected chi connectivity index (χ0v) is 16.7. The molecule has 6 heteroatoms. The van der Waals surface area contributed by atoms with Crippen LogP contribution >= 0.6 is 23.2 Å². The Bertz CT molecular complexity index is 744. The molecule has 1 aliphatic heterocycles. The lowest BCUT2D eigenvalue weighted by atomic mass is 10.0. The molecule has 0 bridgehead atoms. The Morgan fingerprint density at radius 3 is 2.48 bits per heavy atom. The van der Waals surface area contributed by atoms with Crippen molar-refractivity contribution in [2.24, 2.45) is 0 Å². The molecule has 0 spiro atoms. The van der Waals surface area contributed by atoms with Gasteiger partial charge in [-0.15, -0.1) is 0 Å². The first kappa shape index (κ1) is 20.0. The van der Waals surface area contributed by atoms with Gasteiger partial charge in [0.05, 0.1) is 6.42 Å². The molecule has 1 amide bonds. The number of piperidine rings is 1. The highest BCUT2D eigenvalue weighted by Gasteiger charge is 2.20. The Balaban J connectivity index is 1.34. The van der Waals surface area contributed by atoms with Crippen molar-refractivity contribution in [2.75, 3.05) is 26.2 Å². The van der Waals surface area contributed by atoms with Crippen LogP contribution in [0.5, 0.6) is 5.75 Å². The molecule has 0 radical (unpaired) electrons. The van der Waals surface area contributed by atoms with Gasteiger partial charge in [-0.25, -0.2) is 0 Å². The number of amides is 1. The fourth-order valence-corrected chi connectivity index (χ4v) is 3.55. The minimum atomic E-state index is 0.0348. The predicted octanol–water partition coefficient (Wildman–Crippen LogP) is 4.20. The molecule has 4 nitrogen and oxygen atoms in total. The summed E-state index contributed by atoms with van der Waals surface area (Å²) >= 11 is 12.0. The summed E-state index contributed by atoms with van der Waals surface area (Å²) in [6, 6.07) is 15.1. The van der Waals surface area contributed by atoms with Crippen LogP contribution in [0.1, 0.15) is 18.4 Å². The smallest absolute Gasteiger partial charge is 0.224 e. The van der Waals surface area contributed by atoms with Crippen molar-refractivity contribution >= 4 is 29.1 Å². The summed E-state index contributed by atoms with van der Waals surface area (Å²) in [5.41, 5.74) is 0.869. The molecule has 0 saturated carbocycles. The highest BCUT2D eigenvalue weighted by molar-refractivity contribution is 6.31. The Morgan fingerprint density at radius 1 is 1.07 bits per heavy atom. The van der Waals surface area contributed by atoms with Gasteiger partial charge < -0.3 is 10.1 Å². The number of benzene rings is 2. The number of hydrogen-bond acceptors (Lipinski definition) is 3. The fourth-order valence-electron chi connectivity index (χ4n) is 3.22. The normalized spacial score (nSPS) is 15.5. The largest absolute Gasteiger partial charge is 0.492 e. The molecule has 144 valence electrons. The molecule has 1 aliphatic rings. The second-order valence-electron chi connectivity index (χ2n) is 6.75. The van der Waals surface area contributed by atoms with Gasteiger partial charge >= 0.3 is 0 Å². The maximum atomic E-state index is 12.3. The van der Waals surface area contributed by atoms with Crippen LogP contribution in [0.2, 0.25) is 10.0 Å². The second kappa shape index (κ2) is 9.98. The molecular formula is C21H24Cl2N2O2. The second-order valence-corrected chi connectivity index (χ2v) is 7.60. The van der Waals surface area contributed by atoms with Crippen molar-refractivity contribution in [1.29, 1.82) is 0 Å². The summed E-state index contributed by atoms with van der Waals surface area (Å²) in [7, 11) is 0. The maximum absolute atomic E-state index is 12.3.